The molecule has 1 amide bonds. The fourth-order valence-electron chi connectivity index (χ4n) is 2.98. The van der Waals surface area contributed by atoms with Crippen LogP contribution in [0.25, 0.3) is 0 Å². The minimum absolute atomic E-state index is 0.0724. The third-order valence-corrected chi connectivity index (χ3v) is 4.30. The number of carbonyl (C=O) groups excluding carboxylic acids is 1. The molecule has 0 aliphatic carbocycles. The SMILES string of the molecule is COc1ccccc1CNc1cncc(C(=O)N2CCCCC2)c1. The third kappa shape index (κ3) is 3.85. The van der Waals surface area contributed by atoms with Crippen LogP contribution in [-0.4, -0.2) is 36.0 Å². The number of para-hydroxylation sites is 1. The maximum absolute atomic E-state index is 12.6. The number of hydrogen-bond donors (Lipinski definition) is 1. The molecule has 0 spiro atoms. The van der Waals surface area contributed by atoms with E-state index in [1.165, 1.54) is 6.42 Å². The van der Waals surface area contributed by atoms with Crippen molar-refractivity contribution in [1.29, 1.82) is 0 Å². The zero-order chi connectivity index (χ0) is 16.8. The molecular formula is C19H23N3O2. The summed E-state index contributed by atoms with van der Waals surface area (Å²) in [6.45, 7) is 2.31. The van der Waals surface area contributed by atoms with E-state index in [4.69, 9.17) is 4.74 Å². The molecular weight excluding hydrogens is 302 g/mol. The second kappa shape index (κ2) is 7.81. The fourth-order valence-corrected chi connectivity index (χ4v) is 2.98. The van der Waals surface area contributed by atoms with Gasteiger partial charge >= 0.3 is 0 Å². The number of benzene rings is 1. The summed E-state index contributed by atoms with van der Waals surface area (Å²) < 4.78 is 5.36. The van der Waals surface area contributed by atoms with Gasteiger partial charge in [-0.3, -0.25) is 9.78 Å². The Balaban J connectivity index is 1.67. The molecule has 0 radical (unpaired) electrons. The lowest BCUT2D eigenvalue weighted by Gasteiger charge is -2.26. The van der Waals surface area contributed by atoms with Gasteiger partial charge in [0.2, 0.25) is 0 Å². The summed E-state index contributed by atoms with van der Waals surface area (Å²) in [7, 11) is 1.66. The van der Waals surface area contributed by atoms with E-state index in [0.29, 0.717) is 12.1 Å². The number of amides is 1. The summed E-state index contributed by atoms with van der Waals surface area (Å²) in [5, 5.41) is 3.32. The van der Waals surface area contributed by atoms with Gasteiger partial charge in [0.1, 0.15) is 5.75 Å². The van der Waals surface area contributed by atoms with Crippen LogP contribution in [0.1, 0.15) is 35.2 Å². The van der Waals surface area contributed by atoms with Crippen molar-refractivity contribution in [3.63, 3.8) is 0 Å². The summed E-state index contributed by atoms with van der Waals surface area (Å²) in [6, 6.07) is 9.75. The fraction of sp³-hybridized carbons (Fsp3) is 0.368. The van der Waals surface area contributed by atoms with Gasteiger partial charge < -0.3 is 15.0 Å². The maximum atomic E-state index is 12.6. The number of aromatic nitrogens is 1. The van der Waals surface area contributed by atoms with E-state index in [1.807, 2.05) is 35.2 Å². The molecule has 2 aromatic rings. The Morgan fingerprint density at radius 1 is 1.21 bits per heavy atom. The van der Waals surface area contributed by atoms with Crippen LogP contribution < -0.4 is 10.1 Å². The van der Waals surface area contributed by atoms with E-state index < -0.39 is 0 Å². The third-order valence-electron chi connectivity index (χ3n) is 4.30. The number of nitrogens with zero attached hydrogens (tertiary/aromatic N) is 2. The van der Waals surface area contributed by atoms with E-state index in [9.17, 15) is 4.79 Å². The zero-order valence-corrected chi connectivity index (χ0v) is 14.0. The number of ether oxygens (including phenoxy) is 1. The van der Waals surface area contributed by atoms with Crippen molar-refractivity contribution in [2.45, 2.75) is 25.8 Å². The average Bonchev–Trinajstić information content (AvgIpc) is 2.67. The van der Waals surface area contributed by atoms with Crippen LogP contribution in [0.3, 0.4) is 0 Å². The van der Waals surface area contributed by atoms with Crippen molar-refractivity contribution in [3.05, 3.63) is 53.9 Å². The molecule has 0 saturated carbocycles. The van der Waals surface area contributed by atoms with E-state index in [0.717, 1.165) is 42.9 Å². The average molecular weight is 325 g/mol. The first-order valence-electron chi connectivity index (χ1n) is 8.38. The van der Waals surface area contributed by atoms with E-state index in [-0.39, 0.29) is 5.91 Å². The molecule has 3 rings (SSSR count). The van der Waals surface area contributed by atoms with Gasteiger partial charge in [0.15, 0.2) is 0 Å². The molecule has 5 heteroatoms. The van der Waals surface area contributed by atoms with Crippen molar-refractivity contribution in [2.75, 3.05) is 25.5 Å². The van der Waals surface area contributed by atoms with Gasteiger partial charge in [0.05, 0.1) is 18.4 Å². The predicted octanol–water partition coefficient (Wildman–Crippen LogP) is 3.33. The van der Waals surface area contributed by atoms with Gasteiger partial charge in [-0.2, -0.15) is 0 Å². The first-order chi connectivity index (χ1) is 11.8. The van der Waals surface area contributed by atoms with E-state index in [2.05, 4.69) is 10.3 Å². The number of pyridine rings is 1. The number of hydrogen-bond acceptors (Lipinski definition) is 4. The summed E-state index contributed by atoms with van der Waals surface area (Å²) in [5.74, 6) is 0.918. The molecule has 0 unspecified atom stereocenters. The Morgan fingerprint density at radius 2 is 2.00 bits per heavy atom. The molecule has 0 atom stereocenters. The summed E-state index contributed by atoms with van der Waals surface area (Å²) in [5.41, 5.74) is 2.54. The van der Waals surface area contributed by atoms with Crippen LogP contribution >= 0.6 is 0 Å². The molecule has 1 aliphatic rings. The Labute approximate surface area is 142 Å². The first-order valence-corrected chi connectivity index (χ1v) is 8.38. The molecule has 1 N–H and O–H groups in total. The number of rotatable bonds is 5. The van der Waals surface area contributed by atoms with Gasteiger partial charge in [-0.25, -0.2) is 0 Å². The normalized spacial score (nSPS) is 14.3. The molecule has 2 heterocycles. The van der Waals surface area contributed by atoms with Crippen LogP contribution in [0.5, 0.6) is 5.75 Å². The van der Waals surface area contributed by atoms with Gasteiger partial charge in [0, 0.05) is 37.6 Å². The molecule has 1 aliphatic heterocycles. The minimum Gasteiger partial charge on any atom is -0.496 e. The van der Waals surface area contributed by atoms with Crippen LogP contribution in [0.2, 0.25) is 0 Å². The number of carbonyl (C=O) groups is 1. The molecule has 0 bridgehead atoms. The standard InChI is InChI=1S/C19H23N3O2/c1-24-18-8-4-3-7-15(18)13-21-17-11-16(12-20-14-17)19(23)22-9-5-2-6-10-22/h3-4,7-8,11-12,14,21H,2,5-6,9-10,13H2,1H3. The molecule has 1 saturated heterocycles. The molecule has 5 nitrogen and oxygen atoms in total. The van der Waals surface area contributed by atoms with Crippen LogP contribution in [0.15, 0.2) is 42.7 Å². The highest BCUT2D eigenvalue weighted by Gasteiger charge is 2.18. The monoisotopic (exact) mass is 325 g/mol. The number of methoxy groups -OCH3 is 1. The van der Waals surface area contributed by atoms with Crippen LogP contribution in [0, 0.1) is 0 Å². The van der Waals surface area contributed by atoms with Gasteiger partial charge in [-0.05, 0) is 31.4 Å². The van der Waals surface area contributed by atoms with Crippen molar-refractivity contribution in [1.82, 2.24) is 9.88 Å². The minimum atomic E-state index is 0.0724. The van der Waals surface area contributed by atoms with Crippen molar-refractivity contribution < 1.29 is 9.53 Å². The molecule has 24 heavy (non-hydrogen) atoms. The summed E-state index contributed by atoms with van der Waals surface area (Å²) >= 11 is 0. The Morgan fingerprint density at radius 3 is 2.79 bits per heavy atom. The lowest BCUT2D eigenvalue weighted by atomic mass is 10.1. The molecule has 1 aromatic heterocycles. The largest absolute Gasteiger partial charge is 0.496 e. The predicted molar refractivity (Wildman–Crippen MR) is 94.3 cm³/mol. The Kier molecular flexibility index (Phi) is 5.31. The highest BCUT2D eigenvalue weighted by Crippen LogP contribution is 2.20. The van der Waals surface area contributed by atoms with Crippen molar-refractivity contribution >= 4 is 11.6 Å². The highest BCUT2D eigenvalue weighted by atomic mass is 16.5. The number of likely N-dealkylation sites (tertiary alicyclic amines) is 1. The molecule has 1 fully saturated rings. The highest BCUT2D eigenvalue weighted by molar-refractivity contribution is 5.94. The topological polar surface area (TPSA) is 54.5 Å². The van der Waals surface area contributed by atoms with Crippen LogP contribution in [-0.2, 0) is 6.54 Å². The summed E-state index contributed by atoms with van der Waals surface area (Å²) in [6.07, 6.45) is 6.77. The first kappa shape index (κ1) is 16.3. The quantitative estimate of drug-likeness (QED) is 0.916. The van der Waals surface area contributed by atoms with Crippen molar-refractivity contribution in [3.8, 4) is 5.75 Å². The lowest BCUT2D eigenvalue weighted by Crippen LogP contribution is -2.35. The van der Waals surface area contributed by atoms with Crippen molar-refractivity contribution in [2.24, 2.45) is 0 Å². The van der Waals surface area contributed by atoms with Gasteiger partial charge in [-0.1, -0.05) is 18.2 Å². The molecule has 1 aromatic carbocycles. The van der Waals surface area contributed by atoms with Gasteiger partial charge in [0.25, 0.3) is 5.91 Å². The van der Waals surface area contributed by atoms with E-state index in [1.54, 1.807) is 19.5 Å². The smallest absolute Gasteiger partial charge is 0.255 e. The lowest BCUT2D eigenvalue weighted by molar-refractivity contribution is 0.0724. The zero-order valence-electron chi connectivity index (χ0n) is 14.0. The number of nitrogens with one attached hydrogen (secondary N) is 1. The second-order valence-corrected chi connectivity index (χ2v) is 5.98. The Bertz CT molecular complexity index is 697. The number of piperidine rings is 1. The summed E-state index contributed by atoms with van der Waals surface area (Å²) in [4.78, 5) is 18.7. The second-order valence-electron chi connectivity index (χ2n) is 5.98. The Hall–Kier alpha value is -2.56. The number of anilines is 1. The van der Waals surface area contributed by atoms with E-state index >= 15 is 0 Å². The maximum Gasteiger partial charge on any atom is 0.255 e. The molecule has 126 valence electrons. The van der Waals surface area contributed by atoms with Gasteiger partial charge in [-0.15, -0.1) is 0 Å². The van der Waals surface area contributed by atoms with Crippen LogP contribution in [0.4, 0.5) is 5.69 Å².